The van der Waals surface area contributed by atoms with E-state index in [1.54, 1.807) is 16.2 Å². The van der Waals surface area contributed by atoms with Crippen LogP contribution in [-0.2, 0) is 10.2 Å². The lowest BCUT2D eigenvalue weighted by atomic mass is 9.97. The number of ether oxygens (including phenoxy) is 3. The SMILES string of the molecule is Cc1csc(C2(CN(C(=O)O)C(C)(C)C)C3CCN(c4cnc5c(-c6cccc7c6OCO7)nn(C6CCCCO6)c5n4)CC32)n1. The number of thiazole rings is 1. The number of para-hydroxylation sites is 1. The number of hydrogen-bond donors (Lipinski definition) is 1. The number of carbonyl (C=O) groups is 1. The summed E-state index contributed by atoms with van der Waals surface area (Å²) in [6.45, 7) is 10.7. The summed E-state index contributed by atoms with van der Waals surface area (Å²) in [6.07, 6.45) is 4.58. The zero-order chi connectivity index (χ0) is 31.8. The summed E-state index contributed by atoms with van der Waals surface area (Å²) in [5.41, 5.74) is 3.02. The zero-order valence-electron chi connectivity index (χ0n) is 26.6. The van der Waals surface area contributed by atoms with E-state index in [1.165, 1.54) is 0 Å². The smallest absolute Gasteiger partial charge is 0.407 e. The fourth-order valence-corrected chi connectivity index (χ4v) is 8.81. The highest BCUT2D eigenvalue weighted by Gasteiger charge is 2.69. The van der Waals surface area contributed by atoms with Crippen molar-refractivity contribution < 1.29 is 24.1 Å². The van der Waals surface area contributed by atoms with Crippen LogP contribution in [0.4, 0.5) is 10.6 Å². The number of fused-ring (bicyclic) bond motifs is 3. The van der Waals surface area contributed by atoms with Crippen molar-refractivity contribution in [2.24, 2.45) is 11.8 Å². The molecule has 3 aromatic heterocycles. The van der Waals surface area contributed by atoms with Gasteiger partial charge in [0.2, 0.25) is 6.79 Å². The standard InChI is InChI=1S/C33H39N7O5S/c1-19-16-46-30(35-19)33(17-39(31(41)42)32(2,3)4)21-11-12-38(15-22(21)33)24-14-34-27-26(20-8-7-9-23-28(20)45-18-44-23)37-40(29(27)36-24)25-10-5-6-13-43-25/h7-9,14,16,21-22,25H,5-6,10-13,15,17-18H2,1-4H3,(H,41,42). The highest BCUT2D eigenvalue weighted by atomic mass is 32.1. The Morgan fingerprint density at radius 3 is 2.78 bits per heavy atom. The van der Waals surface area contributed by atoms with Crippen LogP contribution in [0.3, 0.4) is 0 Å². The number of aryl methyl sites for hydroxylation is 1. The van der Waals surface area contributed by atoms with Gasteiger partial charge >= 0.3 is 6.09 Å². The molecule has 8 rings (SSSR count). The molecule has 0 radical (unpaired) electrons. The maximum absolute atomic E-state index is 12.5. The third-order valence-corrected chi connectivity index (χ3v) is 11.3. The van der Waals surface area contributed by atoms with Gasteiger partial charge < -0.3 is 29.1 Å². The van der Waals surface area contributed by atoms with Gasteiger partial charge in [-0.05, 0) is 77.3 Å². The quantitative estimate of drug-likeness (QED) is 0.272. The molecule has 242 valence electrons. The minimum Gasteiger partial charge on any atom is -0.465 e. The Morgan fingerprint density at radius 1 is 1.17 bits per heavy atom. The number of aromatic nitrogens is 5. The van der Waals surface area contributed by atoms with E-state index in [0.717, 1.165) is 60.9 Å². The average Bonchev–Trinajstić information content (AvgIpc) is 3.49. The van der Waals surface area contributed by atoms with Crippen molar-refractivity contribution in [3.8, 4) is 22.8 Å². The molecule has 6 heterocycles. The third kappa shape index (κ3) is 4.69. The second-order valence-corrected chi connectivity index (χ2v) is 14.7. The lowest BCUT2D eigenvalue weighted by molar-refractivity contribution is -0.0368. The molecule has 1 N–H and O–H groups in total. The van der Waals surface area contributed by atoms with Crippen molar-refractivity contribution in [2.75, 3.05) is 37.9 Å². The lowest BCUT2D eigenvalue weighted by Gasteiger charge is -2.36. The Morgan fingerprint density at radius 2 is 2.04 bits per heavy atom. The Bertz CT molecular complexity index is 1810. The van der Waals surface area contributed by atoms with Gasteiger partial charge in [0, 0.05) is 48.3 Å². The normalized spacial score (nSPS) is 25.5. The van der Waals surface area contributed by atoms with Gasteiger partial charge in [0.25, 0.3) is 0 Å². The molecule has 1 aliphatic carbocycles. The minimum atomic E-state index is -0.896. The van der Waals surface area contributed by atoms with Gasteiger partial charge in [-0.25, -0.2) is 24.4 Å². The molecule has 1 saturated carbocycles. The molecule has 4 atom stereocenters. The lowest BCUT2D eigenvalue weighted by Crippen LogP contribution is -2.49. The van der Waals surface area contributed by atoms with E-state index in [2.05, 4.69) is 10.3 Å². The number of rotatable bonds is 6. The van der Waals surface area contributed by atoms with Crippen LogP contribution >= 0.6 is 11.3 Å². The molecule has 1 aromatic carbocycles. The van der Waals surface area contributed by atoms with Crippen molar-refractivity contribution in [3.05, 3.63) is 40.5 Å². The average molecular weight is 646 g/mol. The van der Waals surface area contributed by atoms with E-state index < -0.39 is 11.6 Å². The van der Waals surface area contributed by atoms with Crippen molar-refractivity contribution in [1.82, 2.24) is 29.6 Å². The van der Waals surface area contributed by atoms with Crippen LogP contribution in [0.15, 0.2) is 29.8 Å². The molecule has 2 saturated heterocycles. The first-order chi connectivity index (χ1) is 22.1. The van der Waals surface area contributed by atoms with Crippen molar-refractivity contribution in [1.29, 1.82) is 0 Å². The second-order valence-electron chi connectivity index (χ2n) is 13.9. The molecule has 4 aliphatic rings. The van der Waals surface area contributed by atoms with Crippen LogP contribution < -0.4 is 14.4 Å². The summed E-state index contributed by atoms with van der Waals surface area (Å²) < 4.78 is 19.6. The monoisotopic (exact) mass is 645 g/mol. The molecule has 0 bridgehead atoms. The molecule has 4 unspecified atom stereocenters. The molecule has 4 aromatic rings. The van der Waals surface area contributed by atoms with Crippen LogP contribution in [0.2, 0.25) is 0 Å². The van der Waals surface area contributed by atoms with Crippen LogP contribution in [0.1, 0.15) is 63.4 Å². The number of nitrogens with zero attached hydrogens (tertiary/aromatic N) is 7. The second kappa shape index (κ2) is 10.8. The number of benzene rings is 1. The van der Waals surface area contributed by atoms with Crippen LogP contribution in [0.25, 0.3) is 22.4 Å². The van der Waals surface area contributed by atoms with Gasteiger partial charge in [-0.1, -0.05) is 6.07 Å². The van der Waals surface area contributed by atoms with Crippen molar-refractivity contribution in [3.63, 3.8) is 0 Å². The molecular formula is C33H39N7O5S. The molecule has 3 fully saturated rings. The van der Waals surface area contributed by atoms with Crippen LogP contribution in [0, 0.1) is 18.8 Å². The van der Waals surface area contributed by atoms with E-state index in [4.69, 9.17) is 34.3 Å². The highest BCUT2D eigenvalue weighted by Crippen LogP contribution is 2.64. The summed E-state index contributed by atoms with van der Waals surface area (Å²) in [6, 6.07) is 5.81. The largest absolute Gasteiger partial charge is 0.465 e. The summed E-state index contributed by atoms with van der Waals surface area (Å²) >= 11 is 1.65. The Labute approximate surface area is 271 Å². The predicted molar refractivity (Wildman–Crippen MR) is 173 cm³/mol. The molecule has 46 heavy (non-hydrogen) atoms. The Hall–Kier alpha value is -3.97. The Kier molecular flexibility index (Phi) is 6.91. The predicted octanol–water partition coefficient (Wildman–Crippen LogP) is 5.86. The molecular weight excluding hydrogens is 606 g/mol. The summed E-state index contributed by atoms with van der Waals surface area (Å²) in [5.74, 6) is 2.75. The summed E-state index contributed by atoms with van der Waals surface area (Å²) in [4.78, 5) is 31.5. The topological polar surface area (TPSA) is 128 Å². The number of anilines is 1. The Balaban J connectivity index is 1.16. The van der Waals surface area contributed by atoms with Crippen molar-refractivity contribution in [2.45, 2.75) is 70.6 Å². The van der Waals surface area contributed by atoms with Crippen molar-refractivity contribution >= 4 is 34.4 Å². The number of hydrogen-bond acceptors (Lipinski definition) is 10. The first-order valence-electron chi connectivity index (χ1n) is 16.1. The first-order valence-corrected chi connectivity index (χ1v) is 17.0. The zero-order valence-corrected chi connectivity index (χ0v) is 27.4. The number of carboxylic acid groups (broad SMARTS) is 1. The maximum Gasteiger partial charge on any atom is 0.407 e. The fourth-order valence-electron chi connectivity index (χ4n) is 7.69. The first kappa shape index (κ1) is 29.4. The molecule has 0 spiro atoms. The minimum absolute atomic E-state index is 0.172. The van der Waals surface area contributed by atoms with Crippen LogP contribution in [-0.4, -0.2) is 79.4 Å². The number of amides is 1. The van der Waals surface area contributed by atoms with E-state index >= 15 is 0 Å². The fraction of sp³-hybridized carbons (Fsp3) is 0.545. The summed E-state index contributed by atoms with van der Waals surface area (Å²) in [7, 11) is 0. The van der Waals surface area contributed by atoms with Gasteiger partial charge in [0.05, 0.1) is 11.8 Å². The van der Waals surface area contributed by atoms with Gasteiger partial charge in [0.1, 0.15) is 22.0 Å². The highest BCUT2D eigenvalue weighted by molar-refractivity contribution is 7.09. The van der Waals surface area contributed by atoms with E-state index in [9.17, 15) is 9.90 Å². The van der Waals surface area contributed by atoms with E-state index in [-0.39, 0.29) is 24.4 Å². The van der Waals surface area contributed by atoms with Gasteiger partial charge in [-0.15, -0.1) is 11.3 Å². The molecule has 3 aliphatic heterocycles. The molecule has 13 heteroatoms. The summed E-state index contributed by atoms with van der Waals surface area (Å²) in [5, 5.41) is 18.4. The van der Waals surface area contributed by atoms with Gasteiger partial charge in [-0.2, -0.15) is 5.10 Å². The number of piperidine rings is 1. The third-order valence-electron chi connectivity index (χ3n) is 10.1. The maximum atomic E-state index is 12.5. The van der Waals surface area contributed by atoms with Crippen LogP contribution in [0.5, 0.6) is 11.5 Å². The molecule has 1 amide bonds. The van der Waals surface area contributed by atoms with E-state index in [1.807, 2.05) is 56.8 Å². The van der Waals surface area contributed by atoms with Gasteiger partial charge in [-0.3, -0.25) is 0 Å². The molecule has 12 nitrogen and oxygen atoms in total. The van der Waals surface area contributed by atoms with Gasteiger partial charge in [0.15, 0.2) is 23.4 Å². The van der Waals surface area contributed by atoms with E-state index in [0.29, 0.717) is 47.4 Å².